The van der Waals surface area contributed by atoms with Gasteiger partial charge in [0.25, 0.3) is 0 Å². The third kappa shape index (κ3) is 13.5. The number of likely N-dealkylation sites (N-methyl/N-ethyl adjacent to an activating group) is 2. The summed E-state index contributed by atoms with van der Waals surface area (Å²) in [6, 6.07) is 15.9. The molecular weight excluding hydrogens is 931 g/mol. The predicted molar refractivity (Wildman–Crippen MR) is 278 cm³/mol. The molecule has 5 N–H and O–H groups in total. The highest BCUT2D eigenvalue weighted by atomic mass is 32.2. The lowest BCUT2D eigenvalue weighted by molar-refractivity contribution is -0.143. The van der Waals surface area contributed by atoms with E-state index < -0.39 is 47.1 Å². The summed E-state index contributed by atoms with van der Waals surface area (Å²) in [5, 5.41) is 15.4. The van der Waals surface area contributed by atoms with Crippen LogP contribution in [0.5, 0.6) is 0 Å². The topological polar surface area (TPSA) is 170 Å². The van der Waals surface area contributed by atoms with Gasteiger partial charge in [0, 0.05) is 12.3 Å². The van der Waals surface area contributed by atoms with Crippen LogP contribution in [0.1, 0.15) is 103 Å². The Morgan fingerprint density at radius 3 is 1.84 bits per heavy atom. The molecule has 4 aliphatic rings. The van der Waals surface area contributed by atoms with Crippen molar-refractivity contribution in [2.75, 3.05) is 52.0 Å². The monoisotopic (exact) mass is 1000 g/mol. The Morgan fingerprint density at radius 1 is 0.768 bits per heavy atom. The van der Waals surface area contributed by atoms with E-state index in [-0.39, 0.29) is 85.0 Å². The summed E-state index contributed by atoms with van der Waals surface area (Å²) in [6.07, 6.45) is 3.25. The molecule has 0 bridgehead atoms. The molecule has 0 aromatic heterocycles. The Hall–Kier alpha value is -4.02. The zero-order valence-corrected chi connectivity index (χ0v) is 44.0. The summed E-state index contributed by atoms with van der Waals surface area (Å²) in [6.45, 7) is 12.7. The fourth-order valence-corrected chi connectivity index (χ4v) is 13.5. The Balaban J connectivity index is 1.06. The highest BCUT2D eigenvalue weighted by Crippen LogP contribution is 2.48. The second kappa shape index (κ2) is 24.9. The number of hydrogen-bond donors (Lipinski definition) is 5. The smallest absolute Gasteiger partial charge is 0.246 e. The lowest BCUT2D eigenvalue weighted by atomic mass is 9.79. The van der Waals surface area contributed by atoms with Gasteiger partial charge in [-0.3, -0.25) is 24.0 Å². The Bertz CT molecular complexity index is 2170. The quantitative estimate of drug-likeness (QED) is 0.0669. The largest absolute Gasteiger partial charge is 0.368 e. The van der Waals surface area contributed by atoms with E-state index in [9.17, 15) is 24.0 Å². The summed E-state index contributed by atoms with van der Waals surface area (Å²) in [5.74, 6) is 6.51. The third-order valence-electron chi connectivity index (χ3n) is 14.0. The van der Waals surface area contributed by atoms with Gasteiger partial charge in [-0.15, -0.1) is 23.5 Å². The maximum absolute atomic E-state index is 14.5. The van der Waals surface area contributed by atoms with E-state index in [1.807, 2.05) is 81.6 Å². The van der Waals surface area contributed by atoms with Crippen molar-refractivity contribution in [2.45, 2.75) is 139 Å². The maximum atomic E-state index is 14.5. The van der Waals surface area contributed by atoms with Crippen molar-refractivity contribution in [3.05, 3.63) is 71.8 Å². The second-order valence-corrected chi connectivity index (χ2v) is 22.9. The van der Waals surface area contributed by atoms with Gasteiger partial charge >= 0.3 is 0 Å². The van der Waals surface area contributed by atoms with E-state index in [1.54, 1.807) is 40.4 Å². The summed E-state index contributed by atoms with van der Waals surface area (Å²) < 4.78 is 12.2. The highest BCUT2D eigenvalue weighted by molar-refractivity contribution is 8.00. The van der Waals surface area contributed by atoms with Crippen LogP contribution < -0.4 is 26.6 Å². The number of thioether (sulfide) groups is 2. The number of thiocarbonyl (C=S) groups is 1. The van der Waals surface area contributed by atoms with E-state index in [0.717, 1.165) is 16.9 Å². The van der Waals surface area contributed by atoms with Crippen LogP contribution in [0.4, 0.5) is 0 Å². The minimum atomic E-state index is -0.697. The Morgan fingerprint density at radius 2 is 1.29 bits per heavy atom. The maximum Gasteiger partial charge on any atom is 0.246 e. The van der Waals surface area contributed by atoms with Gasteiger partial charge in [-0.05, 0) is 86.6 Å². The van der Waals surface area contributed by atoms with Crippen LogP contribution in [0, 0.1) is 22.7 Å². The standard InChI is InChI=1S/C52H73N7O7S3/c1-9-37(54-8)46(61)55-38-22-26-68-42-29-51(3,4)44(58(42)49(38)63)41(60)28-36(34-18-12-10-13-19-34)31-65-24-16-17-25-66-32-40(35-20-14-11-15-21-35)56-47(62)45-52(5,6)30-43-59(45)50(64)39(23-27-69-43)57-48(67)33(2)53-7/h10-15,18-21,33,36-40,42-45,53-54H,9,22-32H2,1-8H3,(H,55,61)(H,56,62)(H,57,67)/t33-,36+,37-,38-,39-,40+,42-,43-,44+,45+/m0/s1. The fraction of sp³-hybridized carbons (Fsp3) is 0.615. The number of hydrogen-bond acceptors (Lipinski definition) is 12. The van der Waals surface area contributed by atoms with Gasteiger partial charge in [-0.1, -0.05) is 119 Å². The lowest BCUT2D eigenvalue weighted by Crippen LogP contribution is -2.58. The zero-order valence-electron chi connectivity index (χ0n) is 41.5. The number of Topliss-reactive ketones (excluding diaryl/α,β-unsaturated/α-hetero) is 1. The molecule has 376 valence electrons. The first-order valence-corrected chi connectivity index (χ1v) is 26.9. The molecular formula is C52H73N7O7S3. The molecule has 4 fully saturated rings. The molecule has 4 heterocycles. The fourth-order valence-electron chi connectivity index (χ4n) is 10.1. The van der Waals surface area contributed by atoms with Crippen molar-refractivity contribution in [2.24, 2.45) is 10.8 Å². The van der Waals surface area contributed by atoms with Gasteiger partial charge in [-0.2, -0.15) is 0 Å². The summed E-state index contributed by atoms with van der Waals surface area (Å²) >= 11 is 9.01. The van der Waals surface area contributed by atoms with Crippen LogP contribution >= 0.6 is 35.7 Å². The molecule has 0 saturated carbocycles. The first-order chi connectivity index (χ1) is 33.0. The molecule has 17 heteroatoms. The number of nitrogens with zero attached hydrogens (tertiary/aromatic N) is 2. The van der Waals surface area contributed by atoms with Crippen molar-refractivity contribution in [3.63, 3.8) is 0 Å². The normalized spacial score (nSPS) is 25.6. The summed E-state index contributed by atoms with van der Waals surface area (Å²) in [4.78, 5) is 74.6. The minimum Gasteiger partial charge on any atom is -0.368 e. The number of ketones is 1. The number of fused-ring (bicyclic) bond motifs is 2. The van der Waals surface area contributed by atoms with Gasteiger partial charge < -0.3 is 45.9 Å². The van der Waals surface area contributed by atoms with Crippen LogP contribution in [-0.2, 0) is 33.4 Å². The van der Waals surface area contributed by atoms with Crippen molar-refractivity contribution in [3.8, 4) is 11.8 Å². The van der Waals surface area contributed by atoms with Gasteiger partial charge in [0.15, 0.2) is 5.78 Å². The van der Waals surface area contributed by atoms with E-state index in [4.69, 9.17) is 21.7 Å². The van der Waals surface area contributed by atoms with E-state index in [2.05, 4.69) is 66.1 Å². The number of ether oxygens (including phenoxy) is 2. The number of amides is 4. The van der Waals surface area contributed by atoms with E-state index in [1.165, 1.54) is 0 Å². The minimum absolute atomic E-state index is 0.0315. The summed E-state index contributed by atoms with van der Waals surface area (Å²) in [5.41, 5.74) is 0.882. The molecule has 0 unspecified atom stereocenters. The molecule has 0 spiro atoms. The van der Waals surface area contributed by atoms with Crippen LogP contribution in [0.3, 0.4) is 0 Å². The number of benzene rings is 2. The Kier molecular flexibility index (Phi) is 19.6. The lowest BCUT2D eigenvalue weighted by Gasteiger charge is -2.35. The molecule has 10 atom stereocenters. The predicted octanol–water partition coefficient (Wildman–Crippen LogP) is 5.18. The Labute approximate surface area is 423 Å². The van der Waals surface area contributed by atoms with Crippen molar-refractivity contribution in [1.29, 1.82) is 0 Å². The van der Waals surface area contributed by atoms with Crippen molar-refractivity contribution >= 4 is 70.1 Å². The van der Waals surface area contributed by atoms with Crippen LogP contribution in [0.2, 0.25) is 0 Å². The number of nitrogens with one attached hydrogen (secondary N) is 5. The summed E-state index contributed by atoms with van der Waals surface area (Å²) in [7, 11) is 3.56. The van der Waals surface area contributed by atoms with Crippen LogP contribution in [0.25, 0.3) is 0 Å². The van der Waals surface area contributed by atoms with Crippen molar-refractivity contribution < 1.29 is 33.4 Å². The first-order valence-electron chi connectivity index (χ1n) is 24.4. The van der Waals surface area contributed by atoms with Gasteiger partial charge in [0.05, 0.1) is 53.1 Å². The number of carbonyl (C=O) groups excluding carboxylic acids is 5. The average molecular weight is 1000 g/mol. The molecule has 14 nitrogen and oxygen atoms in total. The second-order valence-electron chi connectivity index (χ2n) is 19.9. The SMILES string of the molecule is CC[C@H](NC)C(=O)N[C@H]1CCS[C@H]2CC(C)(C)[C@@H](C(=O)C[C@H](COCC#CCOC[C@@H](NC(=O)[C@H]3N4C(=O)[C@@H](NC(=S)[C@H](C)NC)CCS[C@H]4CC3(C)C)c3ccccc3)c3ccccc3)N2C1=O. The molecule has 4 aliphatic heterocycles. The highest BCUT2D eigenvalue weighted by Gasteiger charge is 2.56. The molecule has 2 aromatic carbocycles. The molecule has 2 aromatic rings. The van der Waals surface area contributed by atoms with E-state index >= 15 is 0 Å². The van der Waals surface area contributed by atoms with Gasteiger partial charge in [-0.25, -0.2) is 0 Å². The number of carbonyl (C=O) groups is 5. The molecule has 69 heavy (non-hydrogen) atoms. The van der Waals surface area contributed by atoms with Gasteiger partial charge in [0.2, 0.25) is 23.6 Å². The van der Waals surface area contributed by atoms with Crippen LogP contribution in [-0.4, -0.2) is 143 Å². The van der Waals surface area contributed by atoms with Gasteiger partial charge in [0.1, 0.15) is 31.3 Å². The first kappa shape index (κ1) is 54.3. The van der Waals surface area contributed by atoms with E-state index in [0.29, 0.717) is 42.8 Å². The molecule has 0 aliphatic carbocycles. The zero-order chi connectivity index (χ0) is 49.9. The molecule has 0 radical (unpaired) electrons. The average Bonchev–Trinajstić information content (AvgIpc) is 3.65. The number of rotatable bonds is 20. The van der Waals surface area contributed by atoms with Crippen LogP contribution in [0.15, 0.2) is 60.7 Å². The molecule has 6 rings (SSSR count). The molecule has 4 amide bonds. The molecule has 4 saturated heterocycles. The third-order valence-corrected chi connectivity index (χ3v) is 17.0. The van der Waals surface area contributed by atoms with Crippen molar-refractivity contribution in [1.82, 2.24) is 36.4 Å².